The molecule has 3 fully saturated rings. The summed E-state index contributed by atoms with van der Waals surface area (Å²) in [5, 5.41) is 4.30. The molecule has 6 rings (SSSR count). The van der Waals surface area contributed by atoms with Crippen LogP contribution in [0.15, 0.2) is 66.9 Å². The van der Waals surface area contributed by atoms with Crippen molar-refractivity contribution in [1.82, 2.24) is 20.1 Å². The Hall–Kier alpha value is -3.29. The number of para-hydroxylation sites is 1. The van der Waals surface area contributed by atoms with Crippen LogP contribution < -0.4 is 5.32 Å². The summed E-state index contributed by atoms with van der Waals surface area (Å²) in [7, 11) is 0. The molecule has 0 saturated carbocycles. The fourth-order valence-corrected chi connectivity index (χ4v) is 6.16. The predicted molar refractivity (Wildman–Crippen MR) is 142 cm³/mol. The number of hydrogen-bond donors (Lipinski definition) is 1. The van der Waals surface area contributed by atoms with E-state index < -0.39 is 0 Å². The SMILES string of the molecule is O=C(NC(CCN1CC2CN(C(=O)c3cnc4ccccc4c3)C[C@@H]2C1)c1ccccc1)C1CCOC1. The Balaban J connectivity index is 1.04. The van der Waals surface area contributed by atoms with Gasteiger partial charge in [-0.15, -0.1) is 0 Å². The minimum Gasteiger partial charge on any atom is -0.381 e. The zero-order valence-electron chi connectivity index (χ0n) is 21.1. The number of aromatic nitrogens is 1. The molecule has 2 amide bonds. The van der Waals surface area contributed by atoms with E-state index >= 15 is 0 Å². The van der Waals surface area contributed by atoms with Gasteiger partial charge in [0.2, 0.25) is 5.91 Å². The van der Waals surface area contributed by atoms with E-state index in [2.05, 4.69) is 27.3 Å². The predicted octanol–water partition coefficient (Wildman–Crippen LogP) is 3.52. The van der Waals surface area contributed by atoms with Gasteiger partial charge in [-0.25, -0.2) is 0 Å². The summed E-state index contributed by atoms with van der Waals surface area (Å²) in [6.07, 6.45) is 3.38. The highest BCUT2D eigenvalue weighted by molar-refractivity contribution is 5.97. The number of carbonyl (C=O) groups is 2. The lowest BCUT2D eigenvalue weighted by Gasteiger charge is -2.25. The first-order valence-electron chi connectivity index (χ1n) is 13.4. The third-order valence-corrected chi connectivity index (χ3v) is 8.24. The van der Waals surface area contributed by atoms with Crippen molar-refractivity contribution in [2.75, 3.05) is 45.9 Å². The molecule has 3 aliphatic heterocycles. The van der Waals surface area contributed by atoms with Crippen LogP contribution in [0.4, 0.5) is 0 Å². The number of fused-ring (bicyclic) bond motifs is 2. The van der Waals surface area contributed by atoms with Gasteiger partial charge in [0, 0.05) is 50.9 Å². The van der Waals surface area contributed by atoms with Gasteiger partial charge in [0.25, 0.3) is 5.91 Å². The van der Waals surface area contributed by atoms with Crippen LogP contribution in [0.2, 0.25) is 0 Å². The van der Waals surface area contributed by atoms with E-state index in [0.717, 1.165) is 62.0 Å². The molecule has 7 heteroatoms. The van der Waals surface area contributed by atoms with Crippen molar-refractivity contribution in [2.24, 2.45) is 17.8 Å². The van der Waals surface area contributed by atoms with Gasteiger partial charge in [-0.2, -0.15) is 0 Å². The van der Waals surface area contributed by atoms with Crippen LogP contribution in [0, 0.1) is 17.8 Å². The zero-order chi connectivity index (χ0) is 25.2. The number of ether oxygens (including phenoxy) is 1. The fourth-order valence-electron chi connectivity index (χ4n) is 6.16. The molecule has 3 saturated heterocycles. The molecule has 0 spiro atoms. The standard InChI is InChI=1S/C30H34N4O3/c35-29(23-11-13-37-20-23)32-28(21-6-2-1-3-7-21)10-12-33-16-25-18-34(19-26(25)17-33)30(36)24-14-22-8-4-5-9-27(22)31-15-24/h1-9,14-15,23,25-26,28H,10-13,16-20H2,(H,32,35)/t23?,25-,26?,28?/m0/s1. The number of pyridine rings is 1. The molecule has 7 nitrogen and oxygen atoms in total. The van der Waals surface area contributed by atoms with E-state index in [0.29, 0.717) is 30.6 Å². The maximum atomic E-state index is 13.2. The molecule has 3 unspecified atom stereocenters. The van der Waals surface area contributed by atoms with Crippen molar-refractivity contribution in [1.29, 1.82) is 0 Å². The first kappa shape index (κ1) is 24.1. The van der Waals surface area contributed by atoms with E-state index in [4.69, 9.17) is 4.74 Å². The van der Waals surface area contributed by atoms with Crippen LogP contribution in [0.5, 0.6) is 0 Å². The number of nitrogens with one attached hydrogen (secondary N) is 1. The van der Waals surface area contributed by atoms with E-state index in [9.17, 15) is 9.59 Å². The topological polar surface area (TPSA) is 74.8 Å². The van der Waals surface area contributed by atoms with Crippen LogP contribution >= 0.6 is 0 Å². The molecule has 192 valence electrons. The largest absolute Gasteiger partial charge is 0.381 e. The van der Waals surface area contributed by atoms with Gasteiger partial charge in [-0.05, 0) is 42.4 Å². The number of amides is 2. The Labute approximate surface area is 217 Å². The van der Waals surface area contributed by atoms with Crippen LogP contribution in [-0.4, -0.2) is 72.5 Å². The van der Waals surface area contributed by atoms with E-state index in [1.807, 2.05) is 53.4 Å². The van der Waals surface area contributed by atoms with Crippen LogP contribution in [0.3, 0.4) is 0 Å². The van der Waals surface area contributed by atoms with Gasteiger partial charge in [0.05, 0.1) is 29.6 Å². The van der Waals surface area contributed by atoms with Crippen molar-refractivity contribution in [3.63, 3.8) is 0 Å². The quantitative estimate of drug-likeness (QED) is 0.540. The summed E-state index contributed by atoms with van der Waals surface area (Å²) >= 11 is 0. The van der Waals surface area contributed by atoms with Crippen molar-refractivity contribution >= 4 is 22.7 Å². The monoisotopic (exact) mass is 498 g/mol. The number of rotatable bonds is 7. The summed E-state index contributed by atoms with van der Waals surface area (Å²) in [5.41, 5.74) is 2.73. The summed E-state index contributed by atoms with van der Waals surface area (Å²) < 4.78 is 5.42. The van der Waals surface area contributed by atoms with E-state index in [1.165, 1.54) is 0 Å². The van der Waals surface area contributed by atoms with Crippen LogP contribution in [0.1, 0.15) is 34.8 Å². The van der Waals surface area contributed by atoms with Gasteiger partial charge in [-0.1, -0.05) is 48.5 Å². The number of hydrogen-bond acceptors (Lipinski definition) is 5. The Bertz CT molecular complexity index is 1250. The highest BCUT2D eigenvalue weighted by atomic mass is 16.5. The molecule has 0 aliphatic carbocycles. The molecule has 3 aromatic rings. The molecule has 1 aromatic heterocycles. The average molecular weight is 499 g/mol. The molecule has 1 N–H and O–H groups in total. The third kappa shape index (κ3) is 5.24. The smallest absolute Gasteiger partial charge is 0.255 e. The molecule has 2 aromatic carbocycles. The Morgan fingerprint density at radius 3 is 2.51 bits per heavy atom. The Morgan fingerprint density at radius 2 is 1.76 bits per heavy atom. The molecule has 4 atom stereocenters. The summed E-state index contributed by atoms with van der Waals surface area (Å²) in [6, 6.07) is 20.1. The number of carbonyl (C=O) groups excluding carboxylic acids is 2. The lowest BCUT2D eigenvalue weighted by Crippen LogP contribution is -2.37. The van der Waals surface area contributed by atoms with Gasteiger partial charge in [0.15, 0.2) is 0 Å². The average Bonchev–Trinajstić information content (AvgIpc) is 3.68. The summed E-state index contributed by atoms with van der Waals surface area (Å²) in [4.78, 5) is 35.0. The molecule has 37 heavy (non-hydrogen) atoms. The Morgan fingerprint density at radius 1 is 1.00 bits per heavy atom. The molecule has 3 aliphatic rings. The highest BCUT2D eigenvalue weighted by Gasteiger charge is 2.41. The highest BCUT2D eigenvalue weighted by Crippen LogP contribution is 2.33. The second-order valence-corrected chi connectivity index (χ2v) is 10.7. The van der Waals surface area contributed by atoms with Crippen LogP contribution in [-0.2, 0) is 9.53 Å². The third-order valence-electron chi connectivity index (χ3n) is 8.24. The fraction of sp³-hybridized carbons (Fsp3) is 0.433. The molecular formula is C30H34N4O3. The second kappa shape index (κ2) is 10.6. The number of nitrogens with zero attached hydrogens (tertiary/aromatic N) is 3. The number of likely N-dealkylation sites (tertiary alicyclic amines) is 2. The molecular weight excluding hydrogens is 464 g/mol. The van der Waals surface area contributed by atoms with Crippen molar-refractivity contribution < 1.29 is 14.3 Å². The first-order valence-corrected chi connectivity index (χ1v) is 13.4. The number of benzene rings is 2. The lowest BCUT2D eigenvalue weighted by atomic mass is 10.0. The summed E-state index contributed by atoms with van der Waals surface area (Å²) in [5.74, 6) is 1.14. The maximum absolute atomic E-state index is 13.2. The van der Waals surface area contributed by atoms with Gasteiger partial charge in [-0.3, -0.25) is 14.6 Å². The van der Waals surface area contributed by atoms with Gasteiger partial charge >= 0.3 is 0 Å². The van der Waals surface area contributed by atoms with Crippen molar-refractivity contribution in [3.8, 4) is 0 Å². The van der Waals surface area contributed by atoms with Crippen LogP contribution in [0.25, 0.3) is 10.9 Å². The summed E-state index contributed by atoms with van der Waals surface area (Å²) in [6.45, 7) is 5.71. The Kier molecular flexibility index (Phi) is 6.89. The maximum Gasteiger partial charge on any atom is 0.255 e. The van der Waals surface area contributed by atoms with Gasteiger partial charge in [0.1, 0.15) is 0 Å². The zero-order valence-corrected chi connectivity index (χ0v) is 21.1. The van der Waals surface area contributed by atoms with Crippen molar-refractivity contribution in [3.05, 3.63) is 78.0 Å². The van der Waals surface area contributed by atoms with E-state index in [1.54, 1.807) is 6.20 Å². The molecule has 4 heterocycles. The molecule has 0 radical (unpaired) electrons. The van der Waals surface area contributed by atoms with Gasteiger partial charge < -0.3 is 19.9 Å². The van der Waals surface area contributed by atoms with Crippen molar-refractivity contribution in [2.45, 2.75) is 18.9 Å². The lowest BCUT2D eigenvalue weighted by molar-refractivity contribution is -0.125. The minimum atomic E-state index is -0.0429. The first-order chi connectivity index (χ1) is 18.1. The minimum absolute atomic E-state index is 0.00628. The molecule has 0 bridgehead atoms. The normalized spacial score (nSPS) is 24.3. The van der Waals surface area contributed by atoms with E-state index in [-0.39, 0.29) is 23.8 Å². The second-order valence-electron chi connectivity index (χ2n) is 10.7.